The number of aromatic nitrogens is 2. The molecule has 0 aliphatic carbocycles. The van der Waals surface area contributed by atoms with E-state index < -0.39 is 0 Å². The third kappa shape index (κ3) is 1.68. The van der Waals surface area contributed by atoms with Gasteiger partial charge in [0.25, 0.3) is 0 Å². The van der Waals surface area contributed by atoms with Crippen molar-refractivity contribution in [1.29, 1.82) is 0 Å². The van der Waals surface area contributed by atoms with Gasteiger partial charge in [0.1, 0.15) is 5.57 Å². The molecule has 0 fully saturated rings. The van der Waals surface area contributed by atoms with Gasteiger partial charge in [-0.1, -0.05) is 28.3 Å². The van der Waals surface area contributed by atoms with Crippen molar-refractivity contribution in [3.05, 3.63) is 30.0 Å². The molecule has 0 radical (unpaired) electrons. The monoisotopic (exact) mass is 190 g/mol. The van der Waals surface area contributed by atoms with Crippen LogP contribution in [0.3, 0.4) is 0 Å². The highest BCUT2D eigenvalue weighted by Crippen LogP contribution is 2.12. The predicted octanol–water partition coefficient (Wildman–Crippen LogP) is 1.69. The lowest BCUT2D eigenvalue weighted by molar-refractivity contribution is 1.14. The summed E-state index contributed by atoms with van der Waals surface area (Å²) in [6.07, 6.45) is 2.90. The Morgan fingerprint density at radius 3 is 3.00 bits per heavy atom. The minimum atomic E-state index is 0.751. The zero-order valence-corrected chi connectivity index (χ0v) is 8.64. The molecule has 13 heavy (non-hydrogen) atoms. The zero-order chi connectivity index (χ0) is 9.26. The molecule has 0 aliphatic rings. The molecule has 0 spiro atoms. The Morgan fingerprint density at radius 1 is 1.38 bits per heavy atom. The van der Waals surface area contributed by atoms with E-state index in [1.165, 1.54) is 5.56 Å². The van der Waals surface area contributed by atoms with Crippen molar-refractivity contribution >= 4 is 25.7 Å². The van der Waals surface area contributed by atoms with Gasteiger partial charge in [0.05, 0.1) is 5.52 Å². The molecule has 0 aliphatic heterocycles. The molecular formula is C10H11N2P. The van der Waals surface area contributed by atoms with Gasteiger partial charge in [-0.25, -0.2) is 9.97 Å². The van der Waals surface area contributed by atoms with Crippen molar-refractivity contribution in [3.63, 3.8) is 0 Å². The molecule has 0 amide bonds. The molecule has 66 valence electrons. The number of hydrogen-bond acceptors (Lipinski definition) is 2. The van der Waals surface area contributed by atoms with E-state index in [0.717, 1.165) is 22.9 Å². The van der Waals surface area contributed by atoms with E-state index in [9.17, 15) is 0 Å². The van der Waals surface area contributed by atoms with E-state index in [1.807, 2.05) is 6.20 Å². The van der Waals surface area contributed by atoms with Crippen LogP contribution in [-0.4, -0.2) is 9.97 Å². The summed E-state index contributed by atoms with van der Waals surface area (Å²) in [5.41, 5.74) is 3.09. The highest BCUT2D eigenvalue weighted by molar-refractivity contribution is 7.26. The minimum Gasteiger partial charge on any atom is -0.237 e. The summed E-state index contributed by atoms with van der Waals surface area (Å²) in [6.45, 7) is 2.14. The van der Waals surface area contributed by atoms with Gasteiger partial charge < -0.3 is 0 Å². The average molecular weight is 190 g/mol. The van der Waals surface area contributed by atoms with Gasteiger partial charge in [-0.05, 0) is 18.1 Å². The topological polar surface area (TPSA) is 25.8 Å². The van der Waals surface area contributed by atoms with Gasteiger partial charge in [-0.3, -0.25) is 0 Å². The first-order valence-electron chi connectivity index (χ1n) is 4.31. The second-order valence-corrected chi connectivity index (χ2v) is 3.49. The lowest BCUT2D eigenvalue weighted by Crippen LogP contribution is -2.02. The number of fused-ring (bicyclic) bond motifs is 1. The maximum atomic E-state index is 4.34. The van der Waals surface area contributed by atoms with Crippen molar-refractivity contribution in [2.45, 2.75) is 13.3 Å². The quantitative estimate of drug-likeness (QED) is 0.639. The fraction of sp³-hybridized carbons (Fsp3) is 0.200. The average Bonchev–Trinajstić information content (AvgIpc) is 2.16. The third-order valence-corrected chi connectivity index (χ3v) is 2.35. The Bertz CT molecular complexity index is 440. The Morgan fingerprint density at radius 2 is 2.23 bits per heavy atom. The summed E-state index contributed by atoms with van der Waals surface area (Å²) in [5.74, 6) is 0. The summed E-state index contributed by atoms with van der Waals surface area (Å²) >= 11 is 0. The van der Waals surface area contributed by atoms with Crippen LogP contribution in [0.5, 0.6) is 0 Å². The number of nitrogens with zero attached hydrogens (tertiary/aromatic N) is 2. The summed E-state index contributed by atoms with van der Waals surface area (Å²) < 4.78 is 0. The van der Waals surface area contributed by atoms with Gasteiger partial charge in [0, 0.05) is 11.6 Å². The lowest BCUT2D eigenvalue weighted by Gasteiger charge is -2.00. The van der Waals surface area contributed by atoms with Crippen LogP contribution in [0.1, 0.15) is 12.5 Å². The van der Waals surface area contributed by atoms with E-state index in [2.05, 4.69) is 44.3 Å². The maximum absolute atomic E-state index is 4.34. The third-order valence-electron chi connectivity index (χ3n) is 2.07. The SMILES string of the molecule is CCc1ccc2cnc(P)nc2c1. The molecule has 2 rings (SSSR count). The maximum Gasteiger partial charge on any atom is 0.145 e. The molecule has 3 heteroatoms. The Balaban J connectivity index is 2.68. The van der Waals surface area contributed by atoms with Gasteiger partial charge >= 0.3 is 0 Å². The molecule has 1 atom stereocenters. The first-order valence-corrected chi connectivity index (χ1v) is 4.88. The summed E-state index contributed by atoms with van der Waals surface area (Å²) in [5, 5.41) is 1.10. The molecule has 0 N–H and O–H groups in total. The van der Waals surface area contributed by atoms with Crippen LogP contribution in [0.2, 0.25) is 0 Å². The zero-order valence-electron chi connectivity index (χ0n) is 7.49. The smallest absolute Gasteiger partial charge is 0.145 e. The van der Waals surface area contributed by atoms with Crippen molar-refractivity contribution in [3.8, 4) is 0 Å². The van der Waals surface area contributed by atoms with Gasteiger partial charge in [0.2, 0.25) is 0 Å². The van der Waals surface area contributed by atoms with E-state index in [1.54, 1.807) is 0 Å². The van der Waals surface area contributed by atoms with Gasteiger partial charge in [-0.2, -0.15) is 0 Å². The van der Waals surface area contributed by atoms with Crippen LogP contribution in [0.4, 0.5) is 0 Å². The number of benzene rings is 1. The largest absolute Gasteiger partial charge is 0.237 e. The van der Waals surface area contributed by atoms with Crippen LogP contribution in [0, 0.1) is 0 Å². The summed E-state index contributed by atoms with van der Waals surface area (Å²) in [7, 11) is 2.51. The number of rotatable bonds is 1. The molecular weight excluding hydrogens is 179 g/mol. The van der Waals surface area contributed by atoms with Crippen molar-refractivity contribution in [1.82, 2.24) is 9.97 Å². The molecule has 2 nitrogen and oxygen atoms in total. The minimum absolute atomic E-state index is 0.751. The second kappa shape index (κ2) is 3.39. The van der Waals surface area contributed by atoms with Crippen LogP contribution >= 0.6 is 9.24 Å². The molecule has 0 saturated heterocycles. The van der Waals surface area contributed by atoms with Crippen LogP contribution in [-0.2, 0) is 6.42 Å². The number of hydrogen-bond donors (Lipinski definition) is 0. The highest BCUT2D eigenvalue weighted by Gasteiger charge is 1.97. The van der Waals surface area contributed by atoms with Crippen LogP contribution in [0.15, 0.2) is 24.4 Å². The Kier molecular flexibility index (Phi) is 2.24. The molecule has 1 unspecified atom stereocenters. The fourth-order valence-electron chi connectivity index (χ4n) is 1.30. The highest BCUT2D eigenvalue weighted by atomic mass is 31.0. The Hall–Kier alpha value is -1.01. The van der Waals surface area contributed by atoms with Crippen molar-refractivity contribution < 1.29 is 0 Å². The second-order valence-electron chi connectivity index (χ2n) is 2.97. The first kappa shape index (κ1) is 8.58. The predicted molar refractivity (Wildman–Crippen MR) is 58.3 cm³/mol. The fourth-order valence-corrected chi connectivity index (χ4v) is 1.52. The standard InChI is InChI=1S/C10H11N2P/c1-2-7-3-4-8-6-11-10(13)12-9(8)5-7/h3-6H,2,13H2,1H3. The Labute approximate surface area is 79.6 Å². The van der Waals surface area contributed by atoms with Crippen molar-refractivity contribution in [2.75, 3.05) is 0 Å². The van der Waals surface area contributed by atoms with E-state index in [4.69, 9.17) is 0 Å². The number of aryl methyl sites for hydroxylation is 1. The molecule has 1 aromatic heterocycles. The normalized spacial score (nSPS) is 10.6. The van der Waals surface area contributed by atoms with Gasteiger partial charge in [-0.15, -0.1) is 0 Å². The molecule has 1 heterocycles. The van der Waals surface area contributed by atoms with Crippen LogP contribution < -0.4 is 5.57 Å². The summed E-state index contributed by atoms with van der Waals surface area (Å²) in [4.78, 5) is 8.45. The van der Waals surface area contributed by atoms with E-state index in [0.29, 0.717) is 0 Å². The molecule has 0 saturated carbocycles. The molecule has 2 aromatic rings. The summed E-state index contributed by atoms with van der Waals surface area (Å²) in [6, 6.07) is 6.30. The van der Waals surface area contributed by atoms with Crippen molar-refractivity contribution in [2.24, 2.45) is 0 Å². The molecule has 1 aromatic carbocycles. The van der Waals surface area contributed by atoms with Gasteiger partial charge in [0.15, 0.2) is 0 Å². The van der Waals surface area contributed by atoms with E-state index in [-0.39, 0.29) is 0 Å². The van der Waals surface area contributed by atoms with Crippen LogP contribution in [0.25, 0.3) is 10.9 Å². The van der Waals surface area contributed by atoms with E-state index >= 15 is 0 Å². The molecule has 0 bridgehead atoms. The lowest BCUT2D eigenvalue weighted by atomic mass is 10.1. The first-order chi connectivity index (χ1) is 6.29.